The van der Waals surface area contributed by atoms with E-state index >= 15 is 0 Å². The molecule has 0 fully saturated rings. The SMILES string of the molecule is CCNCCC=C(C)c1cccs1. The fourth-order valence-electron chi connectivity index (χ4n) is 1.17. The standard InChI is InChI=1S/C11H17NS/c1-3-12-8-4-6-10(2)11-7-5-9-13-11/h5-7,9,12H,3-4,8H2,1-2H3. The molecule has 0 saturated heterocycles. The molecule has 0 saturated carbocycles. The highest BCUT2D eigenvalue weighted by atomic mass is 32.1. The van der Waals surface area contributed by atoms with E-state index in [0.29, 0.717) is 0 Å². The maximum Gasteiger partial charge on any atom is 0.0296 e. The molecule has 0 radical (unpaired) electrons. The topological polar surface area (TPSA) is 12.0 Å². The van der Waals surface area contributed by atoms with Gasteiger partial charge in [-0.1, -0.05) is 19.1 Å². The molecule has 0 aliphatic rings. The van der Waals surface area contributed by atoms with Crippen molar-refractivity contribution in [2.75, 3.05) is 13.1 Å². The summed E-state index contributed by atoms with van der Waals surface area (Å²) in [6.45, 7) is 6.46. The van der Waals surface area contributed by atoms with Crippen LogP contribution in [0.25, 0.3) is 5.57 Å². The van der Waals surface area contributed by atoms with Crippen LogP contribution in [0.3, 0.4) is 0 Å². The summed E-state index contributed by atoms with van der Waals surface area (Å²) in [7, 11) is 0. The number of rotatable bonds is 5. The Balaban J connectivity index is 2.35. The normalized spacial score (nSPS) is 12.0. The predicted molar refractivity (Wildman–Crippen MR) is 61.1 cm³/mol. The van der Waals surface area contributed by atoms with Gasteiger partial charge in [0.15, 0.2) is 0 Å². The van der Waals surface area contributed by atoms with Gasteiger partial charge >= 0.3 is 0 Å². The quantitative estimate of drug-likeness (QED) is 0.712. The molecule has 1 nitrogen and oxygen atoms in total. The van der Waals surface area contributed by atoms with Crippen LogP contribution in [0.2, 0.25) is 0 Å². The third-order valence-electron chi connectivity index (χ3n) is 1.93. The molecule has 1 aromatic rings. The molecule has 0 atom stereocenters. The van der Waals surface area contributed by atoms with Crippen molar-refractivity contribution in [2.45, 2.75) is 20.3 Å². The molecular formula is C11H17NS. The number of allylic oxidation sites excluding steroid dienone is 1. The summed E-state index contributed by atoms with van der Waals surface area (Å²) in [5.41, 5.74) is 1.40. The third-order valence-corrected chi connectivity index (χ3v) is 2.94. The lowest BCUT2D eigenvalue weighted by Gasteiger charge is -1.98. The Morgan fingerprint density at radius 2 is 2.46 bits per heavy atom. The first-order chi connectivity index (χ1) is 6.34. The molecule has 0 aliphatic heterocycles. The van der Waals surface area contributed by atoms with Crippen LogP contribution in [0.4, 0.5) is 0 Å². The molecule has 0 amide bonds. The van der Waals surface area contributed by atoms with Gasteiger partial charge in [-0.3, -0.25) is 0 Å². The van der Waals surface area contributed by atoms with E-state index in [2.05, 4.69) is 42.8 Å². The molecular weight excluding hydrogens is 178 g/mol. The minimum absolute atomic E-state index is 1.06. The van der Waals surface area contributed by atoms with Gasteiger partial charge < -0.3 is 5.32 Å². The number of hydrogen-bond acceptors (Lipinski definition) is 2. The van der Waals surface area contributed by atoms with Crippen molar-refractivity contribution >= 4 is 16.9 Å². The summed E-state index contributed by atoms with van der Waals surface area (Å²) in [4.78, 5) is 1.39. The van der Waals surface area contributed by atoms with Crippen LogP contribution < -0.4 is 5.32 Å². The Hall–Kier alpha value is -0.600. The zero-order chi connectivity index (χ0) is 9.52. The molecule has 0 spiro atoms. The smallest absolute Gasteiger partial charge is 0.0296 e. The third kappa shape index (κ3) is 3.75. The molecule has 0 aliphatic carbocycles. The fraction of sp³-hybridized carbons (Fsp3) is 0.455. The van der Waals surface area contributed by atoms with Gasteiger partial charge in [0.05, 0.1) is 0 Å². The van der Waals surface area contributed by atoms with Gasteiger partial charge in [0, 0.05) is 4.88 Å². The van der Waals surface area contributed by atoms with Crippen molar-refractivity contribution in [3.63, 3.8) is 0 Å². The van der Waals surface area contributed by atoms with Crippen molar-refractivity contribution < 1.29 is 0 Å². The summed E-state index contributed by atoms with van der Waals surface area (Å²) in [6.07, 6.45) is 3.42. The lowest BCUT2D eigenvalue weighted by Crippen LogP contribution is -2.12. The highest BCUT2D eigenvalue weighted by Gasteiger charge is 1.94. The van der Waals surface area contributed by atoms with Gasteiger partial charge in [-0.2, -0.15) is 0 Å². The van der Waals surface area contributed by atoms with Gasteiger partial charge in [0.25, 0.3) is 0 Å². The second-order valence-corrected chi connectivity index (χ2v) is 3.95. The number of hydrogen-bond donors (Lipinski definition) is 1. The van der Waals surface area contributed by atoms with Crippen molar-refractivity contribution in [3.05, 3.63) is 28.5 Å². The molecule has 2 heteroatoms. The molecule has 1 rings (SSSR count). The summed E-state index contributed by atoms with van der Waals surface area (Å²) in [5, 5.41) is 5.43. The van der Waals surface area contributed by atoms with E-state index in [1.807, 2.05) is 0 Å². The van der Waals surface area contributed by atoms with E-state index < -0.39 is 0 Å². The van der Waals surface area contributed by atoms with Crippen LogP contribution in [0.1, 0.15) is 25.1 Å². The first-order valence-corrected chi connectivity index (χ1v) is 5.64. The Morgan fingerprint density at radius 3 is 3.08 bits per heavy atom. The number of thiophene rings is 1. The minimum Gasteiger partial charge on any atom is -0.317 e. The van der Waals surface area contributed by atoms with Gasteiger partial charge in [-0.05, 0) is 43.5 Å². The van der Waals surface area contributed by atoms with E-state index in [1.165, 1.54) is 10.5 Å². The highest BCUT2D eigenvalue weighted by molar-refractivity contribution is 7.11. The predicted octanol–water partition coefficient (Wildman–Crippen LogP) is 3.15. The fourth-order valence-corrected chi connectivity index (χ4v) is 1.90. The van der Waals surface area contributed by atoms with Crippen molar-refractivity contribution in [1.29, 1.82) is 0 Å². The van der Waals surface area contributed by atoms with E-state index in [0.717, 1.165) is 19.5 Å². The molecule has 13 heavy (non-hydrogen) atoms. The molecule has 1 N–H and O–H groups in total. The minimum atomic E-state index is 1.06. The van der Waals surface area contributed by atoms with E-state index in [4.69, 9.17) is 0 Å². The zero-order valence-corrected chi connectivity index (χ0v) is 9.16. The van der Waals surface area contributed by atoms with Crippen LogP contribution in [0.15, 0.2) is 23.6 Å². The average Bonchev–Trinajstić information content (AvgIpc) is 2.65. The van der Waals surface area contributed by atoms with Gasteiger partial charge in [0.2, 0.25) is 0 Å². The summed E-state index contributed by atoms with van der Waals surface area (Å²) in [6, 6.07) is 4.27. The van der Waals surface area contributed by atoms with E-state index in [9.17, 15) is 0 Å². The monoisotopic (exact) mass is 195 g/mol. The molecule has 1 aromatic heterocycles. The van der Waals surface area contributed by atoms with Crippen LogP contribution in [0.5, 0.6) is 0 Å². The maximum atomic E-state index is 3.31. The van der Waals surface area contributed by atoms with Gasteiger partial charge in [-0.15, -0.1) is 11.3 Å². The maximum absolute atomic E-state index is 3.31. The lowest BCUT2D eigenvalue weighted by atomic mass is 10.2. The van der Waals surface area contributed by atoms with Crippen LogP contribution in [-0.4, -0.2) is 13.1 Å². The molecule has 0 bridgehead atoms. The Labute approximate surface area is 84.5 Å². The summed E-state index contributed by atoms with van der Waals surface area (Å²) < 4.78 is 0. The molecule has 1 heterocycles. The first-order valence-electron chi connectivity index (χ1n) is 4.76. The van der Waals surface area contributed by atoms with Crippen LogP contribution >= 0.6 is 11.3 Å². The van der Waals surface area contributed by atoms with Crippen molar-refractivity contribution in [1.82, 2.24) is 5.32 Å². The molecule has 0 unspecified atom stereocenters. The van der Waals surface area contributed by atoms with Gasteiger partial charge in [-0.25, -0.2) is 0 Å². The number of nitrogens with one attached hydrogen (secondary N) is 1. The van der Waals surface area contributed by atoms with Crippen LogP contribution in [0, 0.1) is 0 Å². The average molecular weight is 195 g/mol. The largest absolute Gasteiger partial charge is 0.317 e. The summed E-state index contributed by atoms with van der Waals surface area (Å²) in [5.74, 6) is 0. The van der Waals surface area contributed by atoms with Gasteiger partial charge in [0.1, 0.15) is 0 Å². The van der Waals surface area contributed by atoms with E-state index in [-0.39, 0.29) is 0 Å². The van der Waals surface area contributed by atoms with Crippen LogP contribution in [-0.2, 0) is 0 Å². The Morgan fingerprint density at radius 1 is 1.62 bits per heavy atom. The molecule has 0 aromatic carbocycles. The Kier molecular flexibility index (Phi) is 4.79. The second kappa shape index (κ2) is 5.95. The highest BCUT2D eigenvalue weighted by Crippen LogP contribution is 2.19. The first kappa shape index (κ1) is 10.5. The summed E-state index contributed by atoms with van der Waals surface area (Å²) >= 11 is 1.81. The van der Waals surface area contributed by atoms with E-state index in [1.54, 1.807) is 11.3 Å². The Bertz CT molecular complexity index is 249. The van der Waals surface area contributed by atoms with Crippen molar-refractivity contribution in [3.8, 4) is 0 Å². The van der Waals surface area contributed by atoms with Crippen molar-refractivity contribution in [2.24, 2.45) is 0 Å². The lowest BCUT2D eigenvalue weighted by molar-refractivity contribution is 0.727. The zero-order valence-electron chi connectivity index (χ0n) is 8.34. The molecule has 72 valence electrons. The second-order valence-electron chi connectivity index (χ2n) is 3.01.